The zero-order valence-electron chi connectivity index (χ0n) is 14.6. The highest BCUT2D eigenvalue weighted by Gasteiger charge is 2.17. The van der Waals surface area contributed by atoms with Gasteiger partial charge in [0, 0.05) is 17.8 Å². The van der Waals surface area contributed by atoms with Gasteiger partial charge in [-0.3, -0.25) is 4.72 Å². The van der Waals surface area contributed by atoms with Crippen LogP contribution in [0.15, 0.2) is 53.4 Å². The van der Waals surface area contributed by atoms with Crippen molar-refractivity contribution in [2.45, 2.75) is 4.90 Å². The quantitative estimate of drug-likeness (QED) is 0.589. The molecule has 1 N–H and O–H groups in total. The van der Waals surface area contributed by atoms with Gasteiger partial charge in [-0.05, 0) is 35.9 Å². The fraction of sp³-hybridized carbons (Fsp3) is 0.167. The van der Waals surface area contributed by atoms with Crippen molar-refractivity contribution in [1.29, 1.82) is 0 Å². The van der Waals surface area contributed by atoms with Crippen LogP contribution in [0.4, 0.5) is 5.69 Å². The van der Waals surface area contributed by atoms with Crippen LogP contribution >= 0.6 is 0 Å². The van der Waals surface area contributed by atoms with Gasteiger partial charge in [0.05, 0.1) is 26.2 Å². The summed E-state index contributed by atoms with van der Waals surface area (Å²) in [5, 5.41) is 0. The van der Waals surface area contributed by atoms with Gasteiger partial charge in [0.2, 0.25) is 0 Å². The van der Waals surface area contributed by atoms with Crippen LogP contribution < -0.4 is 14.2 Å². The summed E-state index contributed by atoms with van der Waals surface area (Å²) in [4.78, 5) is 11.2. The first kappa shape index (κ1) is 19.3. The average molecular weight is 377 g/mol. The molecule has 2 rings (SSSR count). The molecule has 0 aromatic heterocycles. The number of sulfonamides is 1. The highest BCUT2D eigenvalue weighted by molar-refractivity contribution is 7.92. The summed E-state index contributed by atoms with van der Waals surface area (Å²) in [5.74, 6) is 0.243. The van der Waals surface area contributed by atoms with E-state index in [4.69, 9.17) is 9.47 Å². The van der Waals surface area contributed by atoms with Crippen molar-refractivity contribution in [3.8, 4) is 11.5 Å². The van der Waals surface area contributed by atoms with Crippen LogP contribution in [0.2, 0.25) is 0 Å². The molecule has 0 aliphatic rings. The number of rotatable bonds is 7. The molecule has 0 aliphatic carbocycles. The van der Waals surface area contributed by atoms with Crippen LogP contribution in [-0.2, 0) is 19.6 Å². The lowest BCUT2D eigenvalue weighted by Crippen LogP contribution is -2.13. The van der Waals surface area contributed by atoms with Crippen LogP contribution in [0.25, 0.3) is 6.08 Å². The fourth-order valence-corrected chi connectivity index (χ4v) is 3.20. The molecule has 0 amide bonds. The Morgan fingerprint density at radius 1 is 1.00 bits per heavy atom. The van der Waals surface area contributed by atoms with E-state index in [1.165, 1.54) is 51.7 Å². The van der Waals surface area contributed by atoms with Crippen LogP contribution in [0.3, 0.4) is 0 Å². The molecule has 2 aromatic carbocycles. The maximum atomic E-state index is 12.6. The summed E-state index contributed by atoms with van der Waals surface area (Å²) < 4.78 is 42.4. The van der Waals surface area contributed by atoms with E-state index in [2.05, 4.69) is 9.46 Å². The summed E-state index contributed by atoms with van der Waals surface area (Å²) in [6, 6.07) is 10.9. The maximum absolute atomic E-state index is 12.6. The van der Waals surface area contributed by atoms with Gasteiger partial charge in [0.1, 0.15) is 0 Å². The zero-order valence-corrected chi connectivity index (χ0v) is 15.4. The van der Waals surface area contributed by atoms with Crippen molar-refractivity contribution in [1.82, 2.24) is 0 Å². The van der Waals surface area contributed by atoms with Crippen molar-refractivity contribution in [3.63, 3.8) is 0 Å². The maximum Gasteiger partial charge on any atom is 0.330 e. The number of carbonyl (C=O) groups is 1. The van der Waals surface area contributed by atoms with E-state index in [1.54, 1.807) is 24.3 Å². The number of anilines is 1. The van der Waals surface area contributed by atoms with Crippen molar-refractivity contribution in [2.24, 2.45) is 0 Å². The van der Waals surface area contributed by atoms with Gasteiger partial charge in [-0.25, -0.2) is 13.2 Å². The number of hydrogen-bond acceptors (Lipinski definition) is 6. The number of methoxy groups -OCH3 is 3. The smallest absolute Gasteiger partial charge is 0.330 e. The van der Waals surface area contributed by atoms with Crippen LogP contribution in [0.1, 0.15) is 5.56 Å². The van der Waals surface area contributed by atoms with E-state index < -0.39 is 16.0 Å². The minimum atomic E-state index is -3.82. The van der Waals surface area contributed by atoms with Crippen LogP contribution in [0, 0.1) is 0 Å². The molecule has 0 unspecified atom stereocenters. The Hall–Kier alpha value is -3.00. The Kier molecular flexibility index (Phi) is 6.24. The lowest BCUT2D eigenvalue weighted by molar-refractivity contribution is -0.134. The molecule has 0 fully saturated rings. The van der Waals surface area contributed by atoms with Crippen molar-refractivity contribution < 1.29 is 27.4 Å². The summed E-state index contributed by atoms with van der Waals surface area (Å²) in [6.45, 7) is 0. The normalized spacial score (nSPS) is 11.2. The summed E-state index contributed by atoms with van der Waals surface area (Å²) in [5.41, 5.74) is 0.995. The fourth-order valence-electron chi connectivity index (χ4n) is 2.14. The molecule has 2 aromatic rings. The lowest BCUT2D eigenvalue weighted by atomic mass is 10.2. The molecule has 0 aliphatic heterocycles. The van der Waals surface area contributed by atoms with Gasteiger partial charge < -0.3 is 14.2 Å². The molecule has 8 heteroatoms. The second kappa shape index (κ2) is 8.39. The van der Waals surface area contributed by atoms with Crippen molar-refractivity contribution >= 4 is 27.8 Å². The predicted octanol–water partition coefficient (Wildman–Crippen LogP) is 2.69. The van der Waals surface area contributed by atoms with Crippen molar-refractivity contribution in [2.75, 3.05) is 26.1 Å². The topological polar surface area (TPSA) is 90.9 Å². The molecule has 0 saturated carbocycles. The number of ether oxygens (including phenoxy) is 3. The standard InChI is InChI=1S/C18H19NO6S/c1-23-16-9-8-15(12-17(16)24-2)26(21,22)19-14-6-4-5-13(11-14)7-10-18(20)25-3/h4-12,19H,1-3H3/b10-7+. The van der Waals surface area contributed by atoms with Gasteiger partial charge in [0.25, 0.3) is 10.0 Å². The third-order valence-corrected chi connectivity index (χ3v) is 4.80. The number of hydrogen-bond donors (Lipinski definition) is 1. The second-order valence-corrected chi connectivity index (χ2v) is 6.79. The molecule has 0 bridgehead atoms. The molecule has 0 spiro atoms. The number of carbonyl (C=O) groups excluding carboxylic acids is 1. The SMILES string of the molecule is COC(=O)/C=C/c1cccc(NS(=O)(=O)c2ccc(OC)c(OC)c2)c1. The molecule has 0 radical (unpaired) electrons. The molecule has 7 nitrogen and oxygen atoms in total. The summed E-state index contributed by atoms with van der Waals surface area (Å²) in [6.07, 6.45) is 2.78. The minimum Gasteiger partial charge on any atom is -0.493 e. The average Bonchev–Trinajstić information content (AvgIpc) is 2.65. The Balaban J connectivity index is 2.27. The Morgan fingerprint density at radius 3 is 2.38 bits per heavy atom. The monoisotopic (exact) mass is 377 g/mol. The molecule has 0 heterocycles. The molecule has 26 heavy (non-hydrogen) atoms. The summed E-state index contributed by atoms with van der Waals surface area (Å²) >= 11 is 0. The molecular formula is C18H19NO6S. The van der Waals surface area contributed by atoms with Crippen LogP contribution in [-0.4, -0.2) is 35.7 Å². The van der Waals surface area contributed by atoms with E-state index in [0.717, 1.165) is 0 Å². The van der Waals surface area contributed by atoms with Crippen LogP contribution in [0.5, 0.6) is 11.5 Å². The zero-order chi connectivity index (χ0) is 19.2. The van der Waals surface area contributed by atoms with Gasteiger partial charge in [-0.1, -0.05) is 12.1 Å². The Morgan fingerprint density at radius 2 is 1.73 bits per heavy atom. The van der Waals surface area contributed by atoms with E-state index in [-0.39, 0.29) is 4.90 Å². The Bertz CT molecular complexity index is 921. The molecule has 0 atom stereocenters. The Labute approximate surface area is 152 Å². The second-order valence-electron chi connectivity index (χ2n) is 5.10. The van der Waals surface area contributed by atoms with E-state index >= 15 is 0 Å². The van der Waals surface area contributed by atoms with Gasteiger partial charge in [-0.15, -0.1) is 0 Å². The van der Waals surface area contributed by atoms with Crippen molar-refractivity contribution in [3.05, 3.63) is 54.1 Å². The van der Waals surface area contributed by atoms with Gasteiger partial charge >= 0.3 is 5.97 Å². The van der Waals surface area contributed by atoms with E-state index in [9.17, 15) is 13.2 Å². The number of nitrogens with one attached hydrogen (secondary N) is 1. The number of esters is 1. The van der Waals surface area contributed by atoms with Gasteiger partial charge in [-0.2, -0.15) is 0 Å². The highest BCUT2D eigenvalue weighted by atomic mass is 32.2. The predicted molar refractivity (Wildman–Crippen MR) is 97.8 cm³/mol. The molecular weight excluding hydrogens is 358 g/mol. The highest BCUT2D eigenvalue weighted by Crippen LogP contribution is 2.30. The third kappa shape index (κ3) is 4.76. The first-order valence-corrected chi connectivity index (χ1v) is 8.99. The van der Waals surface area contributed by atoms with Gasteiger partial charge in [0.15, 0.2) is 11.5 Å². The first-order chi connectivity index (χ1) is 12.4. The van der Waals surface area contributed by atoms with E-state index in [0.29, 0.717) is 22.7 Å². The third-order valence-electron chi connectivity index (χ3n) is 3.42. The number of benzene rings is 2. The molecule has 0 saturated heterocycles. The molecule has 138 valence electrons. The minimum absolute atomic E-state index is 0.0330. The van der Waals surface area contributed by atoms with E-state index in [1.807, 2.05) is 0 Å². The summed E-state index contributed by atoms with van der Waals surface area (Å²) in [7, 11) is 0.352. The lowest BCUT2D eigenvalue weighted by Gasteiger charge is -2.12. The first-order valence-electron chi connectivity index (χ1n) is 7.50. The largest absolute Gasteiger partial charge is 0.493 e.